The quantitative estimate of drug-likeness (QED) is 0.684. The van der Waals surface area contributed by atoms with Gasteiger partial charge in [-0.1, -0.05) is 27.7 Å². The second kappa shape index (κ2) is 8.46. The molecule has 0 bridgehead atoms. The van der Waals surface area contributed by atoms with Crippen molar-refractivity contribution in [3.63, 3.8) is 0 Å². The van der Waals surface area contributed by atoms with E-state index in [-0.39, 0.29) is 5.54 Å². The second-order valence-corrected chi connectivity index (χ2v) is 7.77. The lowest BCUT2D eigenvalue weighted by Crippen LogP contribution is -2.54. The Labute approximate surface area is 131 Å². The number of hydrogen-bond donors (Lipinski definition) is 2. The van der Waals surface area contributed by atoms with E-state index in [0.717, 1.165) is 45.2 Å². The fourth-order valence-corrected chi connectivity index (χ4v) is 4.81. The Bertz CT molecular complexity index is 377. The number of nitrogens with zero attached hydrogens (tertiary/aromatic N) is 1. The van der Waals surface area contributed by atoms with Crippen molar-refractivity contribution in [3.05, 3.63) is 0 Å². The van der Waals surface area contributed by atoms with Crippen LogP contribution in [-0.4, -0.2) is 44.4 Å². The van der Waals surface area contributed by atoms with E-state index in [1.54, 1.807) is 4.31 Å². The molecule has 2 N–H and O–H groups in total. The lowest BCUT2D eigenvalue weighted by Gasteiger charge is -2.37. The first kappa shape index (κ1) is 18.9. The Morgan fingerprint density at radius 1 is 1.05 bits per heavy atom. The molecule has 0 aromatic heterocycles. The molecule has 21 heavy (non-hydrogen) atoms. The van der Waals surface area contributed by atoms with Crippen LogP contribution in [0.15, 0.2) is 0 Å². The highest BCUT2D eigenvalue weighted by Crippen LogP contribution is 2.24. The van der Waals surface area contributed by atoms with Crippen molar-refractivity contribution in [1.82, 2.24) is 14.3 Å². The predicted octanol–water partition coefficient (Wildman–Crippen LogP) is 2.11. The van der Waals surface area contributed by atoms with E-state index in [9.17, 15) is 8.42 Å². The van der Waals surface area contributed by atoms with Gasteiger partial charge in [-0.05, 0) is 51.1 Å². The highest BCUT2D eigenvalue weighted by molar-refractivity contribution is 7.87. The molecule has 6 heteroatoms. The molecule has 0 radical (unpaired) electrons. The van der Waals surface area contributed by atoms with Gasteiger partial charge >= 0.3 is 0 Å². The molecule has 126 valence electrons. The summed E-state index contributed by atoms with van der Waals surface area (Å²) < 4.78 is 29.8. The maximum atomic E-state index is 12.6. The SMILES string of the molecule is CCNCC1CCN(S(=O)(=O)NC(CC)(CC)CC)CC1. The van der Waals surface area contributed by atoms with E-state index in [2.05, 4.69) is 37.7 Å². The Balaban J connectivity index is 2.60. The van der Waals surface area contributed by atoms with Gasteiger partial charge in [0.15, 0.2) is 0 Å². The third-order valence-corrected chi connectivity index (χ3v) is 6.71. The van der Waals surface area contributed by atoms with Crippen LogP contribution in [0.25, 0.3) is 0 Å². The predicted molar refractivity (Wildman–Crippen MR) is 88.5 cm³/mol. The largest absolute Gasteiger partial charge is 0.317 e. The molecule has 1 fully saturated rings. The van der Waals surface area contributed by atoms with Crippen molar-refractivity contribution in [2.45, 2.75) is 65.3 Å². The molecule has 0 spiro atoms. The van der Waals surface area contributed by atoms with Crippen molar-refractivity contribution < 1.29 is 8.42 Å². The van der Waals surface area contributed by atoms with Gasteiger partial charge in [-0.2, -0.15) is 17.4 Å². The number of hydrogen-bond acceptors (Lipinski definition) is 3. The third kappa shape index (κ3) is 5.20. The van der Waals surface area contributed by atoms with Gasteiger partial charge in [0.1, 0.15) is 0 Å². The van der Waals surface area contributed by atoms with Gasteiger partial charge in [0.2, 0.25) is 0 Å². The molecule has 0 atom stereocenters. The van der Waals surface area contributed by atoms with Gasteiger partial charge in [0.05, 0.1) is 0 Å². The molecule has 5 nitrogen and oxygen atoms in total. The van der Waals surface area contributed by atoms with Crippen LogP contribution in [0.2, 0.25) is 0 Å². The molecule has 1 heterocycles. The minimum atomic E-state index is -3.36. The van der Waals surface area contributed by atoms with Crippen LogP contribution >= 0.6 is 0 Å². The zero-order valence-electron chi connectivity index (χ0n) is 14.1. The van der Waals surface area contributed by atoms with E-state index in [0.29, 0.717) is 19.0 Å². The average Bonchev–Trinajstić information content (AvgIpc) is 2.51. The van der Waals surface area contributed by atoms with Crippen molar-refractivity contribution in [2.75, 3.05) is 26.2 Å². The van der Waals surface area contributed by atoms with E-state index < -0.39 is 10.2 Å². The lowest BCUT2D eigenvalue weighted by molar-refractivity contribution is 0.255. The van der Waals surface area contributed by atoms with Crippen LogP contribution in [0, 0.1) is 5.92 Å². The van der Waals surface area contributed by atoms with E-state index in [4.69, 9.17) is 0 Å². The summed E-state index contributed by atoms with van der Waals surface area (Å²) in [5.74, 6) is 0.602. The van der Waals surface area contributed by atoms with E-state index in [1.165, 1.54) is 0 Å². The molecular formula is C15H33N3O2S. The molecule has 0 aromatic rings. The van der Waals surface area contributed by atoms with E-state index >= 15 is 0 Å². The smallest absolute Gasteiger partial charge is 0.279 e. The molecule has 0 unspecified atom stereocenters. The van der Waals surface area contributed by atoms with Crippen molar-refractivity contribution >= 4 is 10.2 Å². The fourth-order valence-electron chi connectivity index (χ4n) is 3.01. The summed E-state index contributed by atoms with van der Waals surface area (Å²) in [5, 5.41) is 3.35. The molecule has 0 aromatic carbocycles. The zero-order valence-corrected chi connectivity index (χ0v) is 14.9. The van der Waals surface area contributed by atoms with Crippen LogP contribution in [0.5, 0.6) is 0 Å². The lowest BCUT2D eigenvalue weighted by atomic mass is 9.91. The summed E-state index contributed by atoms with van der Waals surface area (Å²) in [6.45, 7) is 11.5. The molecular weight excluding hydrogens is 286 g/mol. The number of nitrogens with one attached hydrogen (secondary N) is 2. The Morgan fingerprint density at radius 2 is 1.57 bits per heavy atom. The summed E-state index contributed by atoms with van der Waals surface area (Å²) in [6, 6.07) is 0. The van der Waals surface area contributed by atoms with Gasteiger partial charge in [-0.15, -0.1) is 0 Å². The first-order valence-corrected chi connectivity index (χ1v) is 9.86. The standard InChI is InChI=1S/C15H33N3O2S/c1-5-15(6-2,7-3)17-21(19,20)18-11-9-14(10-12-18)13-16-8-4/h14,16-17H,5-13H2,1-4H3. The molecule has 1 saturated heterocycles. The monoisotopic (exact) mass is 319 g/mol. The zero-order chi connectivity index (χ0) is 15.9. The van der Waals surface area contributed by atoms with Gasteiger partial charge in [0, 0.05) is 18.6 Å². The molecule has 1 aliphatic heterocycles. The number of rotatable bonds is 9. The molecule has 1 rings (SSSR count). The van der Waals surface area contributed by atoms with Crippen LogP contribution < -0.4 is 10.0 Å². The van der Waals surface area contributed by atoms with E-state index in [1.807, 2.05) is 0 Å². The topological polar surface area (TPSA) is 61.4 Å². The Kier molecular flexibility index (Phi) is 7.60. The van der Waals surface area contributed by atoms with Crippen LogP contribution in [0.4, 0.5) is 0 Å². The van der Waals surface area contributed by atoms with Crippen molar-refractivity contribution in [3.8, 4) is 0 Å². The van der Waals surface area contributed by atoms with Crippen LogP contribution in [0.3, 0.4) is 0 Å². The maximum absolute atomic E-state index is 12.6. The normalized spacial score (nSPS) is 19.0. The Morgan fingerprint density at radius 3 is 2.00 bits per heavy atom. The highest BCUT2D eigenvalue weighted by atomic mass is 32.2. The summed E-state index contributed by atoms with van der Waals surface area (Å²) in [5.41, 5.74) is -0.292. The van der Waals surface area contributed by atoms with Crippen molar-refractivity contribution in [2.24, 2.45) is 5.92 Å². The minimum absolute atomic E-state index is 0.292. The van der Waals surface area contributed by atoms with Gasteiger partial charge in [0.25, 0.3) is 10.2 Å². The van der Waals surface area contributed by atoms with Gasteiger partial charge < -0.3 is 5.32 Å². The second-order valence-electron chi connectivity index (χ2n) is 6.10. The first-order valence-electron chi connectivity index (χ1n) is 8.42. The minimum Gasteiger partial charge on any atom is -0.317 e. The summed E-state index contributed by atoms with van der Waals surface area (Å²) >= 11 is 0. The summed E-state index contributed by atoms with van der Waals surface area (Å²) in [7, 11) is -3.36. The van der Waals surface area contributed by atoms with Crippen LogP contribution in [0.1, 0.15) is 59.8 Å². The maximum Gasteiger partial charge on any atom is 0.279 e. The number of piperidine rings is 1. The molecule has 0 amide bonds. The van der Waals surface area contributed by atoms with Crippen LogP contribution in [-0.2, 0) is 10.2 Å². The van der Waals surface area contributed by atoms with Gasteiger partial charge in [-0.25, -0.2) is 0 Å². The highest BCUT2D eigenvalue weighted by Gasteiger charge is 2.34. The summed E-state index contributed by atoms with van der Waals surface area (Å²) in [4.78, 5) is 0. The van der Waals surface area contributed by atoms with Crippen molar-refractivity contribution in [1.29, 1.82) is 0 Å². The fraction of sp³-hybridized carbons (Fsp3) is 1.00. The average molecular weight is 320 g/mol. The Hall–Kier alpha value is -0.170. The molecule has 1 aliphatic rings. The third-order valence-electron chi connectivity index (χ3n) is 4.97. The molecule has 0 saturated carbocycles. The first-order chi connectivity index (χ1) is 9.93. The van der Waals surface area contributed by atoms with Gasteiger partial charge in [-0.3, -0.25) is 0 Å². The molecule has 0 aliphatic carbocycles. The summed E-state index contributed by atoms with van der Waals surface area (Å²) in [6.07, 6.45) is 4.39.